The van der Waals surface area contributed by atoms with Gasteiger partial charge in [0.25, 0.3) is 0 Å². The van der Waals surface area contributed by atoms with Crippen LogP contribution in [0, 0.1) is 5.92 Å². The van der Waals surface area contributed by atoms with Crippen LogP contribution in [0.5, 0.6) is 11.5 Å². The molecular weight excluding hydrogens is 1030 g/mol. The van der Waals surface area contributed by atoms with E-state index in [0.29, 0.717) is 66.3 Å². The molecule has 20 nitrogen and oxygen atoms in total. The van der Waals surface area contributed by atoms with Gasteiger partial charge < -0.3 is 67.0 Å². The number of aromatic nitrogens is 1. The summed E-state index contributed by atoms with van der Waals surface area (Å²) in [6.07, 6.45) is 1.16. The third-order valence-corrected chi connectivity index (χ3v) is 15.0. The fourth-order valence-electron chi connectivity index (χ4n) is 10.8. The topological polar surface area (TPSA) is 276 Å². The number of nitrogens with two attached hydrogens (primary N) is 1. The number of hydrogen-bond acceptors (Lipinski definition) is 12. The third-order valence-electron chi connectivity index (χ3n) is 15.0. The molecule has 0 spiro atoms. The van der Waals surface area contributed by atoms with Crippen LogP contribution in [0.25, 0.3) is 10.9 Å². The summed E-state index contributed by atoms with van der Waals surface area (Å²) in [6, 6.07) is 31.7. The molecule has 0 bridgehead atoms. The predicted molar refractivity (Wildman–Crippen MR) is 302 cm³/mol. The van der Waals surface area contributed by atoms with Gasteiger partial charge in [0, 0.05) is 55.9 Å². The molecule has 1 aromatic heterocycles. The van der Waals surface area contributed by atoms with Crippen molar-refractivity contribution in [2.24, 2.45) is 11.7 Å². The van der Waals surface area contributed by atoms with Gasteiger partial charge in [0.2, 0.25) is 35.4 Å². The lowest BCUT2D eigenvalue weighted by Gasteiger charge is -2.32. The van der Waals surface area contributed by atoms with Crippen LogP contribution in [0.2, 0.25) is 0 Å². The maximum absolute atomic E-state index is 15.5. The molecule has 3 saturated heterocycles. The average molecular weight is 1100 g/mol. The number of nitrogens with zero attached hydrogens (tertiary/aromatic N) is 1. The molecule has 0 radical (unpaired) electrons. The number of fused-ring (bicyclic) bond motifs is 2. The van der Waals surface area contributed by atoms with Crippen molar-refractivity contribution >= 4 is 52.4 Å². The van der Waals surface area contributed by atoms with Crippen LogP contribution in [0.1, 0.15) is 59.5 Å². The van der Waals surface area contributed by atoms with E-state index in [1.54, 1.807) is 85.1 Å². The number of ether oxygens (including phenoxy) is 3. The van der Waals surface area contributed by atoms with E-state index in [9.17, 15) is 4.79 Å². The Morgan fingerprint density at radius 2 is 1.28 bits per heavy atom. The predicted octanol–water partition coefficient (Wildman–Crippen LogP) is 3.64. The Hall–Kier alpha value is -8.75. The largest absolute Gasteiger partial charge is 0.497 e. The minimum Gasteiger partial charge on any atom is -0.497 e. The van der Waals surface area contributed by atoms with E-state index in [-0.39, 0.29) is 57.7 Å². The first kappa shape index (κ1) is 57.0. The standard InChI is InChI=1S/C61H70N10O10/c1-79-45-16-10-13-41(29-45)32-52-60(77)71-36-46(81-61(78)64-28-25-62)34-53(71)58(75)70-54(42-14-6-3-7-15-42)59(76)68-51(33-43-35-65-48-18-9-8-17-47(43)48)57(74)67-50(31-39-23-26-63-27-24-39)55(72)66-49(56(73)69-52)30-38-19-21-44(22-20-38)80-37-40-11-4-2-5-12-40/h2-22,29,35,39,46,49-54,63,65H,23-28,30-34,36-37,62H2,1H3,(H,64,78)(H,66,72)(H,67,74)(H,68,76)(H,69,73)(H,70,75)/t46?,49-,50-,51+,52-,53-,54-/m0/s1. The molecule has 6 aromatic rings. The Labute approximate surface area is 470 Å². The van der Waals surface area contributed by atoms with Gasteiger partial charge in [0.1, 0.15) is 60.5 Å². The molecule has 3 aliphatic heterocycles. The lowest BCUT2D eigenvalue weighted by molar-refractivity contribution is -0.143. The van der Waals surface area contributed by atoms with Crippen LogP contribution in [0.4, 0.5) is 4.79 Å². The summed E-state index contributed by atoms with van der Waals surface area (Å²) in [5.74, 6) is -3.23. The zero-order valence-corrected chi connectivity index (χ0v) is 45.2. The molecular formula is C61H70N10O10. The lowest BCUT2D eigenvalue weighted by atomic mass is 9.90. The summed E-state index contributed by atoms with van der Waals surface area (Å²) in [4.78, 5) is 109. The highest BCUT2D eigenvalue weighted by atomic mass is 16.6. The first-order chi connectivity index (χ1) is 39.4. The van der Waals surface area contributed by atoms with Crippen molar-refractivity contribution in [1.82, 2.24) is 47.1 Å². The summed E-state index contributed by atoms with van der Waals surface area (Å²) in [5.41, 5.74) is 9.72. The SMILES string of the molecule is COc1cccc(C[C@@H]2NC(=O)[C@H](Cc3ccc(OCc4ccccc4)cc3)NC(=O)[C@H](CC3CCNCC3)NC(=O)[C@@H](Cc3c[nH]c4ccccc34)NC(=O)[C@H](c3ccccc3)NC(=O)[C@@H]3CC(OC(=O)NCCN)CN3C2=O)c1. The van der Waals surface area contributed by atoms with Crippen LogP contribution < -0.4 is 52.4 Å². The summed E-state index contributed by atoms with van der Waals surface area (Å²) in [6.45, 7) is 1.67. The van der Waals surface area contributed by atoms with E-state index in [0.717, 1.165) is 16.5 Å². The van der Waals surface area contributed by atoms with Crippen molar-refractivity contribution in [3.8, 4) is 11.5 Å². The Kier molecular flexibility index (Phi) is 19.3. The molecule has 424 valence electrons. The normalized spacial score (nSPS) is 22.4. The Morgan fingerprint density at radius 1 is 0.642 bits per heavy atom. The first-order valence-corrected chi connectivity index (χ1v) is 27.6. The highest BCUT2D eigenvalue weighted by Crippen LogP contribution is 2.27. The van der Waals surface area contributed by atoms with Crippen molar-refractivity contribution in [1.29, 1.82) is 0 Å². The van der Waals surface area contributed by atoms with Gasteiger partial charge in [-0.2, -0.15) is 0 Å². The maximum atomic E-state index is 15.5. The highest BCUT2D eigenvalue weighted by molar-refractivity contribution is 5.99. The molecule has 3 fully saturated rings. The van der Waals surface area contributed by atoms with E-state index < -0.39 is 83.9 Å². The second-order valence-corrected chi connectivity index (χ2v) is 20.8. The summed E-state index contributed by atoms with van der Waals surface area (Å²) in [5, 5.41) is 21.5. The molecule has 7 atom stereocenters. The third kappa shape index (κ3) is 15.1. The zero-order chi connectivity index (χ0) is 56.7. The van der Waals surface area contributed by atoms with Crippen LogP contribution in [0.15, 0.2) is 140 Å². The van der Waals surface area contributed by atoms with Crippen molar-refractivity contribution in [2.75, 3.05) is 39.8 Å². The average Bonchev–Trinajstić information content (AvgIpc) is 4.14. The fourth-order valence-corrected chi connectivity index (χ4v) is 10.8. The number of benzene rings is 5. The molecule has 20 heteroatoms. The van der Waals surface area contributed by atoms with E-state index in [1.165, 1.54) is 12.0 Å². The fraction of sp³-hybridized carbons (Fsp3) is 0.361. The van der Waals surface area contributed by atoms with Crippen molar-refractivity contribution < 1.29 is 47.8 Å². The number of piperidine rings is 1. The number of carbonyl (C=O) groups excluding carboxylic acids is 7. The molecule has 1 unspecified atom stereocenters. The van der Waals surface area contributed by atoms with Crippen molar-refractivity contribution in [3.63, 3.8) is 0 Å². The van der Waals surface area contributed by atoms with E-state index in [4.69, 9.17) is 19.9 Å². The van der Waals surface area contributed by atoms with E-state index in [1.807, 2.05) is 54.6 Å². The second-order valence-electron chi connectivity index (χ2n) is 20.8. The number of alkyl carbamates (subject to hydrolysis) is 1. The van der Waals surface area contributed by atoms with Gasteiger partial charge in [-0.15, -0.1) is 0 Å². The molecule has 7 amide bonds. The molecule has 9 rings (SSSR count). The van der Waals surface area contributed by atoms with Gasteiger partial charge in [-0.25, -0.2) is 4.79 Å². The van der Waals surface area contributed by atoms with Gasteiger partial charge in [-0.05, 0) is 96.4 Å². The zero-order valence-electron chi connectivity index (χ0n) is 45.2. The maximum Gasteiger partial charge on any atom is 0.407 e. The highest BCUT2D eigenvalue weighted by Gasteiger charge is 2.45. The van der Waals surface area contributed by atoms with Gasteiger partial charge in [-0.1, -0.05) is 103 Å². The van der Waals surface area contributed by atoms with Crippen LogP contribution in [-0.2, 0) is 59.4 Å². The molecule has 3 aliphatic rings. The number of para-hydroxylation sites is 1. The Morgan fingerprint density at radius 3 is 2.02 bits per heavy atom. The number of H-pyrrole nitrogens is 1. The van der Waals surface area contributed by atoms with Gasteiger partial charge >= 0.3 is 6.09 Å². The first-order valence-electron chi connectivity index (χ1n) is 27.6. The van der Waals surface area contributed by atoms with Gasteiger partial charge in [0.15, 0.2) is 0 Å². The lowest BCUT2D eigenvalue weighted by Crippen LogP contribution is -2.61. The van der Waals surface area contributed by atoms with Crippen molar-refractivity contribution in [3.05, 3.63) is 167 Å². The number of methoxy groups -OCH3 is 1. The van der Waals surface area contributed by atoms with E-state index >= 15 is 28.8 Å². The molecule has 0 aliphatic carbocycles. The number of hydrogen-bond donors (Lipinski definition) is 9. The number of amides is 7. The number of nitrogens with one attached hydrogen (secondary N) is 8. The number of aromatic amines is 1. The van der Waals surface area contributed by atoms with Crippen LogP contribution in [-0.4, -0.2) is 128 Å². The van der Waals surface area contributed by atoms with Crippen LogP contribution >= 0.6 is 0 Å². The molecule has 4 heterocycles. The molecule has 5 aromatic carbocycles. The van der Waals surface area contributed by atoms with E-state index in [2.05, 4.69) is 42.2 Å². The summed E-state index contributed by atoms with van der Waals surface area (Å²) >= 11 is 0. The monoisotopic (exact) mass is 1100 g/mol. The van der Waals surface area contributed by atoms with Crippen molar-refractivity contribution in [2.45, 2.75) is 93.9 Å². The minimum atomic E-state index is -1.42. The second kappa shape index (κ2) is 27.4. The van der Waals surface area contributed by atoms with Gasteiger partial charge in [0.05, 0.1) is 13.7 Å². The smallest absolute Gasteiger partial charge is 0.407 e. The number of carbonyl (C=O) groups is 7. The summed E-state index contributed by atoms with van der Waals surface area (Å²) < 4.78 is 17.4. The molecule has 81 heavy (non-hydrogen) atoms. The summed E-state index contributed by atoms with van der Waals surface area (Å²) in [7, 11) is 1.50. The quantitative estimate of drug-likeness (QED) is 0.0673. The van der Waals surface area contributed by atoms with Crippen LogP contribution in [0.3, 0.4) is 0 Å². The Bertz CT molecular complexity index is 3140. The molecule has 10 N–H and O–H groups in total. The number of rotatable bonds is 16. The van der Waals surface area contributed by atoms with Gasteiger partial charge in [-0.3, -0.25) is 28.8 Å². The molecule has 0 saturated carbocycles. The minimum absolute atomic E-state index is 0.00647. The Balaban J connectivity index is 1.12.